The number of amides is 1. The van der Waals surface area contributed by atoms with Gasteiger partial charge in [-0.2, -0.15) is 5.10 Å². The van der Waals surface area contributed by atoms with E-state index in [2.05, 4.69) is 10.5 Å². The number of nitro benzene ring substituents is 2. The molecule has 0 atom stereocenters. The quantitative estimate of drug-likeness (QED) is 0.377. The maximum atomic E-state index is 11.9. The summed E-state index contributed by atoms with van der Waals surface area (Å²) >= 11 is 0. The van der Waals surface area contributed by atoms with Crippen molar-refractivity contribution in [1.29, 1.82) is 0 Å². The molecule has 0 heterocycles. The van der Waals surface area contributed by atoms with Gasteiger partial charge in [0, 0.05) is 0 Å². The molecule has 0 saturated heterocycles. The van der Waals surface area contributed by atoms with Gasteiger partial charge in [0.2, 0.25) is 5.75 Å². The Morgan fingerprint density at radius 3 is 2.47 bits per heavy atom. The van der Waals surface area contributed by atoms with Crippen LogP contribution >= 0.6 is 0 Å². The van der Waals surface area contributed by atoms with Gasteiger partial charge in [-0.05, 0) is 18.1 Å². The first-order chi connectivity index (χ1) is 14.3. The van der Waals surface area contributed by atoms with Crippen LogP contribution in [0.1, 0.15) is 12.5 Å². The van der Waals surface area contributed by atoms with Crippen LogP contribution in [-0.2, 0) is 4.79 Å². The van der Waals surface area contributed by atoms with Gasteiger partial charge in [0.1, 0.15) is 0 Å². The number of nitro groups is 2. The standard InChI is InChI=1S/C19H18N4O7/c1-13(8-14-6-4-3-5-7-14)11-20-21-18(24)12-30-19-16(23(27)28)9-15(22(25)26)10-17(19)29-2/h3-11H,12H2,1-2H3,(H,21,24)/b13-8+,20-11+. The number of carbonyl (C=O) groups excluding carboxylic acids is 1. The van der Waals surface area contributed by atoms with Gasteiger partial charge in [0.05, 0.1) is 35.3 Å². The minimum absolute atomic E-state index is 0.242. The van der Waals surface area contributed by atoms with E-state index in [1.54, 1.807) is 6.92 Å². The fourth-order valence-electron chi connectivity index (χ4n) is 2.34. The molecule has 0 radical (unpaired) electrons. The average Bonchev–Trinajstić information content (AvgIpc) is 2.72. The van der Waals surface area contributed by atoms with Crippen LogP contribution in [0.2, 0.25) is 0 Å². The number of hydrogen-bond donors (Lipinski definition) is 1. The SMILES string of the molecule is COc1cc([N+](=O)[O-])cc([N+](=O)[O-])c1OCC(=O)N/N=C/C(C)=C/c1ccccc1. The second-order valence-electron chi connectivity index (χ2n) is 5.89. The highest BCUT2D eigenvalue weighted by Crippen LogP contribution is 2.40. The van der Waals surface area contributed by atoms with Gasteiger partial charge in [0.25, 0.3) is 11.6 Å². The molecule has 0 aliphatic rings. The zero-order chi connectivity index (χ0) is 22.1. The van der Waals surface area contributed by atoms with Crippen LogP contribution in [0.15, 0.2) is 53.1 Å². The summed E-state index contributed by atoms with van der Waals surface area (Å²) in [6.45, 7) is 1.18. The molecule has 30 heavy (non-hydrogen) atoms. The van der Waals surface area contributed by atoms with Crippen molar-refractivity contribution in [2.75, 3.05) is 13.7 Å². The summed E-state index contributed by atoms with van der Waals surface area (Å²) in [6, 6.07) is 11.2. The average molecular weight is 414 g/mol. The third-order valence-electron chi connectivity index (χ3n) is 3.65. The molecular formula is C19H18N4O7. The summed E-state index contributed by atoms with van der Waals surface area (Å²) in [5, 5.41) is 25.9. The lowest BCUT2D eigenvalue weighted by molar-refractivity contribution is -0.394. The minimum atomic E-state index is -0.862. The summed E-state index contributed by atoms with van der Waals surface area (Å²) in [5.74, 6) is -1.32. The van der Waals surface area contributed by atoms with E-state index in [1.807, 2.05) is 36.4 Å². The zero-order valence-corrected chi connectivity index (χ0v) is 16.1. The molecule has 0 aromatic heterocycles. The Balaban J connectivity index is 2.04. The Labute approximate surface area is 170 Å². The van der Waals surface area contributed by atoms with E-state index in [9.17, 15) is 25.0 Å². The number of nitrogens with one attached hydrogen (secondary N) is 1. The first-order valence-electron chi connectivity index (χ1n) is 8.50. The number of methoxy groups -OCH3 is 1. The molecule has 0 fully saturated rings. The maximum absolute atomic E-state index is 11.9. The third-order valence-corrected chi connectivity index (χ3v) is 3.65. The number of carbonyl (C=O) groups is 1. The van der Waals surface area contributed by atoms with Crippen molar-refractivity contribution in [3.8, 4) is 11.5 Å². The molecule has 0 unspecified atom stereocenters. The largest absolute Gasteiger partial charge is 0.492 e. The van der Waals surface area contributed by atoms with Gasteiger partial charge in [-0.3, -0.25) is 25.0 Å². The van der Waals surface area contributed by atoms with Gasteiger partial charge < -0.3 is 9.47 Å². The van der Waals surface area contributed by atoms with Crippen LogP contribution in [0.3, 0.4) is 0 Å². The number of nitrogens with zero attached hydrogens (tertiary/aromatic N) is 3. The van der Waals surface area contributed by atoms with Crippen molar-refractivity contribution >= 4 is 29.6 Å². The van der Waals surface area contributed by atoms with E-state index < -0.39 is 39.5 Å². The number of hydrazone groups is 1. The van der Waals surface area contributed by atoms with Crippen molar-refractivity contribution in [1.82, 2.24) is 5.43 Å². The molecule has 2 aromatic rings. The Hall–Kier alpha value is -4.28. The van der Waals surface area contributed by atoms with E-state index >= 15 is 0 Å². The van der Waals surface area contributed by atoms with E-state index in [0.717, 1.165) is 23.3 Å². The van der Waals surface area contributed by atoms with Gasteiger partial charge in [-0.1, -0.05) is 36.4 Å². The molecule has 0 spiro atoms. The number of benzene rings is 2. The first-order valence-corrected chi connectivity index (χ1v) is 8.50. The van der Waals surface area contributed by atoms with Crippen LogP contribution in [0.4, 0.5) is 11.4 Å². The summed E-state index contributed by atoms with van der Waals surface area (Å²) in [7, 11) is 1.17. The number of non-ortho nitro benzene ring substituents is 1. The third kappa shape index (κ3) is 6.12. The Bertz CT molecular complexity index is 1000. The second-order valence-corrected chi connectivity index (χ2v) is 5.89. The van der Waals surface area contributed by atoms with Gasteiger partial charge in [-0.25, -0.2) is 5.43 Å². The molecule has 11 heteroatoms. The summed E-state index contributed by atoms with van der Waals surface area (Å²) in [4.78, 5) is 32.4. The monoisotopic (exact) mass is 414 g/mol. The predicted molar refractivity (Wildman–Crippen MR) is 109 cm³/mol. The summed E-state index contributed by atoms with van der Waals surface area (Å²) in [6.07, 6.45) is 3.29. The summed E-state index contributed by atoms with van der Waals surface area (Å²) in [5.41, 5.74) is 2.73. The van der Waals surface area contributed by atoms with Crippen LogP contribution in [-0.4, -0.2) is 35.7 Å². The van der Waals surface area contributed by atoms with E-state index in [0.29, 0.717) is 0 Å². The first kappa shape index (κ1) is 22.0. The second kappa shape index (κ2) is 10.3. The van der Waals surface area contributed by atoms with Gasteiger partial charge in [0.15, 0.2) is 12.4 Å². The van der Waals surface area contributed by atoms with E-state index in [4.69, 9.17) is 9.47 Å². The molecule has 0 aliphatic carbocycles. The van der Waals surface area contributed by atoms with Crippen molar-refractivity contribution in [3.05, 3.63) is 73.8 Å². The van der Waals surface area contributed by atoms with Gasteiger partial charge in [-0.15, -0.1) is 0 Å². The van der Waals surface area contributed by atoms with Crippen LogP contribution < -0.4 is 14.9 Å². The number of hydrogen-bond acceptors (Lipinski definition) is 8. The molecule has 2 rings (SSSR count). The number of allylic oxidation sites excluding steroid dienone is 1. The summed E-state index contributed by atoms with van der Waals surface area (Å²) < 4.78 is 10.1. The van der Waals surface area contributed by atoms with Crippen LogP contribution in [0.25, 0.3) is 6.08 Å². The lowest BCUT2D eigenvalue weighted by Crippen LogP contribution is -2.25. The van der Waals surface area contributed by atoms with Gasteiger partial charge >= 0.3 is 5.69 Å². The maximum Gasteiger partial charge on any atom is 0.321 e. The molecule has 156 valence electrons. The molecule has 1 amide bonds. The van der Waals surface area contributed by atoms with E-state index in [-0.39, 0.29) is 5.75 Å². The molecule has 2 aromatic carbocycles. The Morgan fingerprint density at radius 1 is 1.17 bits per heavy atom. The lowest BCUT2D eigenvalue weighted by Gasteiger charge is -2.10. The molecule has 0 aliphatic heterocycles. The highest BCUT2D eigenvalue weighted by Gasteiger charge is 2.27. The smallest absolute Gasteiger partial charge is 0.321 e. The van der Waals surface area contributed by atoms with E-state index in [1.165, 1.54) is 13.3 Å². The fourth-order valence-corrected chi connectivity index (χ4v) is 2.34. The molecule has 0 bridgehead atoms. The topological polar surface area (TPSA) is 146 Å². The number of ether oxygens (including phenoxy) is 2. The minimum Gasteiger partial charge on any atom is -0.492 e. The normalized spacial score (nSPS) is 11.2. The lowest BCUT2D eigenvalue weighted by atomic mass is 10.1. The fraction of sp³-hybridized carbons (Fsp3) is 0.158. The zero-order valence-electron chi connectivity index (χ0n) is 16.1. The van der Waals surface area contributed by atoms with Crippen LogP contribution in [0, 0.1) is 20.2 Å². The predicted octanol–water partition coefficient (Wildman–Crippen LogP) is 3.10. The van der Waals surface area contributed by atoms with Crippen molar-refractivity contribution < 1.29 is 24.1 Å². The Kier molecular flexibility index (Phi) is 7.57. The molecule has 11 nitrogen and oxygen atoms in total. The molecule has 0 saturated carbocycles. The number of rotatable bonds is 9. The Morgan fingerprint density at radius 2 is 1.87 bits per heavy atom. The highest BCUT2D eigenvalue weighted by molar-refractivity contribution is 5.86. The molecular weight excluding hydrogens is 396 g/mol. The van der Waals surface area contributed by atoms with Crippen molar-refractivity contribution in [2.24, 2.45) is 5.10 Å². The molecule has 1 N–H and O–H groups in total. The highest BCUT2D eigenvalue weighted by atomic mass is 16.6. The van der Waals surface area contributed by atoms with Crippen molar-refractivity contribution in [2.45, 2.75) is 6.92 Å². The van der Waals surface area contributed by atoms with Crippen molar-refractivity contribution in [3.63, 3.8) is 0 Å². The van der Waals surface area contributed by atoms with Crippen LogP contribution in [0.5, 0.6) is 11.5 Å².